The van der Waals surface area contributed by atoms with Gasteiger partial charge in [0.25, 0.3) is 0 Å². The van der Waals surface area contributed by atoms with Crippen molar-refractivity contribution in [2.24, 2.45) is 0 Å². The Balaban J connectivity index is 2.40. The van der Waals surface area contributed by atoms with Crippen LogP contribution >= 0.6 is 0 Å². The molecule has 0 aromatic heterocycles. The van der Waals surface area contributed by atoms with Crippen molar-refractivity contribution in [3.05, 3.63) is 77.9 Å². The molecule has 0 spiro atoms. The van der Waals surface area contributed by atoms with Crippen LogP contribution in [-0.2, 0) is 0 Å². The molecule has 0 aliphatic heterocycles. The van der Waals surface area contributed by atoms with E-state index in [9.17, 15) is 18.3 Å². The highest BCUT2D eigenvalue weighted by Gasteiger charge is 2.35. The first kappa shape index (κ1) is 14.3. The average Bonchev–Trinajstić information content (AvgIpc) is 2.45. The van der Waals surface area contributed by atoms with Crippen molar-refractivity contribution in [3.63, 3.8) is 0 Å². The Labute approximate surface area is 115 Å². The molecule has 0 heterocycles. The maximum atomic E-state index is 13.1. The summed E-state index contributed by atoms with van der Waals surface area (Å²) >= 11 is 0. The third kappa shape index (κ3) is 3.48. The molecule has 1 nitrogen and oxygen atoms in total. The predicted octanol–water partition coefficient (Wildman–Crippen LogP) is 4.37. The van der Waals surface area contributed by atoms with Crippen LogP contribution in [0.5, 0.6) is 0 Å². The minimum absolute atomic E-state index is 0.0370. The lowest BCUT2D eigenvalue weighted by Gasteiger charge is -2.14. The molecule has 0 saturated carbocycles. The molecule has 20 heavy (non-hydrogen) atoms. The van der Waals surface area contributed by atoms with Crippen LogP contribution in [-0.4, -0.2) is 11.3 Å². The van der Waals surface area contributed by atoms with Crippen molar-refractivity contribution in [2.45, 2.75) is 12.3 Å². The monoisotopic (exact) mass is 278 g/mol. The molecule has 0 aliphatic carbocycles. The summed E-state index contributed by atoms with van der Waals surface area (Å²) < 4.78 is 39.3. The van der Waals surface area contributed by atoms with Gasteiger partial charge in [0.2, 0.25) is 0 Å². The fourth-order valence-corrected chi connectivity index (χ4v) is 1.88. The van der Waals surface area contributed by atoms with E-state index in [1.807, 2.05) is 0 Å². The first-order valence-corrected chi connectivity index (χ1v) is 6.06. The quantitative estimate of drug-likeness (QED) is 0.884. The van der Waals surface area contributed by atoms with Gasteiger partial charge in [-0.25, -0.2) is 0 Å². The average molecular weight is 278 g/mol. The number of hydrogen-bond acceptors (Lipinski definition) is 1. The van der Waals surface area contributed by atoms with Crippen molar-refractivity contribution in [2.75, 3.05) is 0 Å². The molecular weight excluding hydrogens is 265 g/mol. The Morgan fingerprint density at radius 1 is 0.900 bits per heavy atom. The van der Waals surface area contributed by atoms with Crippen LogP contribution in [0.1, 0.15) is 17.2 Å². The van der Waals surface area contributed by atoms with Crippen LogP contribution in [0.4, 0.5) is 13.2 Å². The number of alkyl halides is 3. The summed E-state index contributed by atoms with van der Waals surface area (Å²) in [6, 6.07) is 15.7. The molecule has 0 aliphatic rings. The maximum Gasteiger partial charge on any atom is 0.416 e. The largest absolute Gasteiger partial charge is 0.416 e. The van der Waals surface area contributed by atoms with Crippen LogP contribution in [0.15, 0.2) is 66.7 Å². The minimum atomic E-state index is -4.52. The molecule has 0 fully saturated rings. The minimum Gasteiger partial charge on any atom is -0.384 e. The van der Waals surface area contributed by atoms with Crippen LogP contribution < -0.4 is 0 Å². The number of hydrogen-bond donors (Lipinski definition) is 1. The summed E-state index contributed by atoms with van der Waals surface area (Å²) in [4.78, 5) is 0. The van der Waals surface area contributed by atoms with Crippen LogP contribution in [0.25, 0.3) is 5.57 Å². The van der Waals surface area contributed by atoms with Crippen LogP contribution in [0, 0.1) is 0 Å². The van der Waals surface area contributed by atoms with Gasteiger partial charge < -0.3 is 5.11 Å². The molecule has 0 saturated heterocycles. The van der Waals surface area contributed by atoms with Gasteiger partial charge in [0.1, 0.15) is 0 Å². The molecule has 0 radical (unpaired) electrons. The maximum absolute atomic E-state index is 13.1. The fourth-order valence-electron chi connectivity index (χ4n) is 1.88. The van der Waals surface area contributed by atoms with Gasteiger partial charge in [-0.1, -0.05) is 60.7 Å². The zero-order valence-corrected chi connectivity index (χ0v) is 10.5. The zero-order chi connectivity index (χ0) is 14.6. The van der Waals surface area contributed by atoms with Gasteiger partial charge in [-0.3, -0.25) is 0 Å². The first-order chi connectivity index (χ1) is 9.48. The van der Waals surface area contributed by atoms with Crippen LogP contribution in [0.2, 0.25) is 0 Å². The number of benzene rings is 2. The molecule has 2 aromatic rings. The Hall–Kier alpha value is -2.07. The van der Waals surface area contributed by atoms with Gasteiger partial charge in [0.05, 0.1) is 11.7 Å². The second-order valence-corrected chi connectivity index (χ2v) is 4.30. The summed E-state index contributed by atoms with van der Waals surface area (Å²) in [6.45, 7) is 0. The molecule has 104 valence electrons. The van der Waals surface area contributed by atoms with Crippen LogP contribution in [0.3, 0.4) is 0 Å². The van der Waals surface area contributed by atoms with E-state index in [2.05, 4.69) is 0 Å². The molecule has 4 heteroatoms. The highest BCUT2D eigenvalue weighted by Crippen LogP contribution is 2.35. The molecule has 1 atom stereocenters. The topological polar surface area (TPSA) is 20.2 Å². The molecule has 2 aromatic carbocycles. The number of rotatable bonds is 3. The molecule has 0 unspecified atom stereocenters. The lowest BCUT2D eigenvalue weighted by molar-refractivity contribution is -0.0695. The number of halogens is 3. The van der Waals surface area contributed by atoms with Crippen molar-refractivity contribution < 1.29 is 18.3 Å². The summed E-state index contributed by atoms with van der Waals surface area (Å²) in [6.07, 6.45) is -4.98. The Kier molecular flexibility index (Phi) is 4.25. The van der Waals surface area contributed by atoms with E-state index in [0.29, 0.717) is 5.56 Å². The van der Waals surface area contributed by atoms with Gasteiger partial charge in [-0.15, -0.1) is 0 Å². The van der Waals surface area contributed by atoms with E-state index >= 15 is 0 Å². The van der Waals surface area contributed by atoms with Gasteiger partial charge in [-0.05, 0) is 17.2 Å². The summed E-state index contributed by atoms with van der Waals surface area (Å²) in [5.74, 6) is 0. The van der Waals surface area contributed by atoms with Gasteiger partial charge in [0.15, 0.2) is 0 Å². The van der Waals surface area contributed by atoms with E-state index in [1.165, 1.54) is 24.3 Å². The smallest absolute Gasteiger partial charge is 0.384 e. The molecule has 0 amide bonds. The summed E-state index contributed by atoms with van der Waals surface area (Å²) in [5.41, 5.74) is -0.380. The van der Waals surface area contributed by atoms with Gasteiger partial charge in [-0.2, -0.15) is 13.2 Å². The van der Waals surface area contributed by atoms with Gasteiger partial charge in [0, 0.05) is 0 Å². The summed E-state index contributed by atoms with van der Waals surface area (Å²) in [7, 11) is 0. The number of aliphatic hydroxyl groups excluding tert-OH is 1. The Morgan fingerprint density at radius 3 is 1.90 bits per heavy atom. The highest BCUT2D eigenvalue weighted by molar-refractivity contribution is 5.70. The normalized spacial score (nSPS) is 14.1. The van der Waals surface area contributed by atoms with E-state index in [1.54, 1.807) is 36.4 Å². The first-order valence-electron chi connectivity index (χ1n) is 6.06. The van der Waals surface area contributed by atoms with E-state index in [4.69, 9.17) is 0 Å². The van der Waals surface area contributed by atoms with E-state index in [-0.39, 0.29) is 5.56 Å². The van der Waals surface area contributed by atoms with Crippen molar-refractivity contribution in [3.8, 4) is 0 Å². The Bertz CT molecular complexity index is 574. The molecular formula is C16H13F3O. The molecule has 0 bridgehead atoms. The third-order valence-corrected chi connectivity index (χ3v) is 2.86. The van der Waals surface area contributed by atoms with Crippen molar-refractivity contribution in [1.29, 1.82) is 0 Å². The second-order valence-electron chi connectivity index (χ2n) is 4.30. The fraction of sp³-hybridized carbons (Fsp3) is 0.125. The summed E-state index contributed by atoms with van der Waals surface area (Å²) in [5, 5.41) is 9.94. The van der Waals surface area contributed by atoms with Crippen molar-refractivity contribution in [1.82, 2.24) is 0 Å². The lowest BCUT2D eigenvalue weighted by Crippen LogP contribution is -2.12. The molecule has 1 N–H and O–H groups in total. The van der Waals surface area contributed by atoms with E-state index < -0.39 is 17.9 Å². The molecule has 2 rings (SSSR count). The van der Waals surface area contributed by atoms with Gasteiger partial charge >= 0.3 is 6.18 Å². The lowest BCUT2D eigenvalue weighted by atomic mass is 10.0. The number of aliphatic hydroxyl groups is 1. The zero-order valence-electron chi connectivity index (χ0n) is 10.5. The second kappa shape index (κ2) is 5.92. The Morgan fingerprint density at radius 2 is 1.40 bits per heavy atom. The van der Waals surface area contributed by atoms with E-state index in [0.717, 1.165) is 6.08 Å². The standard InChI is InChI=1S/C16H13F3O/c17-16(18,19)14(12-7-3-1-4-8-12)11-15(20)13-9-5-2-6-10-13/h1-11,15,20H/b14-11+/t15-/m1/s1. The predicted molar refractivity (Wildman–Crippen MR) is 71.9 cm³/mol. The number of allylic oxidation sites excluding steroid dienone is 1. The highest BCUT2D eigenvalue weighted by atomic mass is 19.4. The van der Waals surface area contributed by atoms with Crippen molar-refractivity contribution >= 4 is 5.57 Å². The SMILES string of the molecule is O[C@H](/C=C(\c1ccccc1)C(F)(F)F)c1ccccc1. The third-order valence-electron chi connectivity index (χ3n) is 2.86.